The Balaban J connectivity index is 2.36. The lowest BCUT2D eigenvalue weighted by Gasteiger charge is -2.13. The van der Waals surface area contributed by atoms with E-state index in [1.807, 2.05) is 13.0 Å². The van der Waals surface area contributed by atoms with E-state index in [1.54, 1.807) is 55.7 Å². The Morgan fingerprint density at radius 3 is 2.39 bits per heavy atom. The summed E-state index contributed by atoms with van der Waals surface area (Å²) in [5.74, 6) is 0.302. The number of ether oxygens (including phenoxy) is 2. The number of benzene rings is 2. The molecule has 6 heteroatoms. The van der Waals surface area contributed by atoms with Gasteiger partial charge in [-0.15, -0.1) is 0 Å². The van der Waals surface area contributed by atoms with Crippen LogP contribution in [0.3, 0.4) is 0 Å². The van der Waals surface area contributed by atoms with Crippen LogP contribution < -0.4 is 20.1 Å². The molecule has 0 aliphatic rings. The van der Waals surface area contributed by atoms with Gasteiger partial charge in [-0.2, -0.15) is 0 Å². The smallest absolute Gasteiger partial charge is 0.267 e. The third-order valence-electron chi connectivity index (χ3n) is 4.08. The summed E-state index contributed by atoms with van der Waals surface area (Å²) in [6.07, 6.45) is 3.40. The van der Waals surface area contributed by atoms with Crippen molar-refractivity contribution in [2.24, 2.45) is 0 Å². The van der Waals surface area contributed by atoms with E-state index >= 15 is 0 Å². The SMILES string of the molecule is CCCCNC(=O)/C(=C/c1cccc(OC)c1OC)NC(=O)c1ccccc1. The van der Waals surface area contributed by atoms with E-state index in [0.29, 0.717) is 29.2 Å². The van der Waals surface area contributed by atoms with Crippen LogP contribution in [0.5, 0.6) is 11.5 Å². The Hall–Kier alpha value is -3.28. The Labute approximate surface area is 165 Å². The lowest BCUT2D eigenvalue weighted by molar-refractivity contribution is -0.117. The number of amides is 2. The molecule has 0 unspecified atom stereocenters. The maximum Gasteiger partial charge on any atom is 0.267 e. The predicted molar refractivity (Wildman–Crippen MR) is 109 cm³/mol. The fourth-order valence-corrected chi connectivity index (χ4v) is 2.60. The lowest BCUT2D eigenvalue weighted by atomic mass is 10.1. The maximum absolute atomic E-state index is 12.7. The van der Waals surface area contributed by atoms with E-state index in [4.69, 9.17) is 9.47 Å². The first-order valence-electron chi connectivity index (χ1n) is 9.18. The van der Waals surface area contributed by atoms with Crippen LogP contribution in [0, 0.1) is 0 Å². The second kappa shape index (κ2) is 10.8. The Morgan fingerprint density at radius 2 is 1.75 bits per heavy atom. The molecule has 0 aliphatic heterocycles. The molecule has 2 aromatic carbocycles. The number of carbonyl (C=O) groups excluding carboxylic acids is 2. The van der Waals surface area contributed by atoms with Gasteiger partial charge in [-0.3, -0.25) is 9.59 Å². The molecule has 148 valence electrons. The third-order valence-corrected chi connectivity index (χ3v) is 4.08. The summed E-state index contributed by atoms with van der Waals surface area (Å²) in [6.45, 7) is 2.57. The number of nitrogens with one attached hydrogen (secondary N) is 2. The van der Waals surface area contributed by atoms with Crippen LogP contribution >= 0.6 is 0 Å². The van der Waals surface area contributed by atoms with E-state index in [0.717, 1.165) is 12.8 Å². The van der Waals surface area contributed by atoms with Crippen molar-refractivity contribution in [1.29, 1.82) is 0 Å². The first-order chi connectivity index (χ1) is 13.6. The van der Waals surface area contributed by atoms with Gasteiger partial charge in [-0.1, -0.05) is 43.7 Å². The highest BCUT2D eigenvalue weighted by Gasteiger charge is 2.16. The fourth-order valence-electron chi connectivity index (χ4n) is 2.60. The molecule has 0 saturated carbocycles. The van der Waals surface area contributed by atoms with Crippen molar-refractivity contribution in [2.75, 3.05) is 20.8 Å². The van der Waals surface area contributed by atoms with Crippen molar-refractivity contribution < 1.29 is 19.1 Å². The van der Waals surface area contributed by atoms with Crippen LogP contribution in [0.15, 0.2) is 54.2 Å². The van der Waals surface area contributed by atoms with Gasteiger partial charge in [-0.05, 0) is 30.7 Å². The average molecular weight is 382 g/mol. The minimum Gasteiger partial charge on any atom is -0.493 e. The van der Waals surface area contributed by atoms with Crippen LogP contribution in [0.25, 0.3) is 6.08 Å². The van der Waals surface area contributed by atoms with Crippen molar-refractivity contribution in [3.8, 4) is 11.5 Å². The van der Waals surface area contributed by atoms with Crippen molar-refractivity contribution >= 4 is 17.9 Å². The van der Waals surface area contributed by atoms with Gasteiger partial charge in [0.05, 0.1) is 14.2 Å². The molecule has 0 fully saturated rings. The summed E-state index contributed by atoms with van der Waals surface area (Å²) < 4.78 is 10.7. The van der Waals surface area contributed by atoms with Crippen molar-refractivity contribution in [1.82, 2.24) is 10.6 Å². The molecule has 2 rings (SSSR count). The number of unbranched alkanes of at least 4 members (excludes halogenated alkanes) is 1. The minimum absolute atomic E-state index is 0.136. The second-order valence-corrected chi connectivity index (χ2v) is 6.07. The highest BCUT2D eigenvalue weighted by Crippen LogP contribution is 2.32. The minimum atomic E-state index is -0.362. The Bertz CT molecular complexity index is 832. The normalized spacial score (nSPS) is 10.9. The fraction of sp³-hybridized carbons (Fsp3) is 0.273. The molecule has 0 bridgehead atoms. The summed E-state index contributed by atoms with van der Waals surface area (Å²) >= 11 is 0. The number of para-hydroxylation sites is 1. The standard InChI is InChI=1S/C22H26N2O4/c1-4-5-14-23-22(26)18(24-21(25)16-10-7-6-8-11-16)15-17-12-9-13-19(27-2)20(17)28-3/h6-13,15H,4-5,14H2,1-3H3,(H,23,26)(H,24,25)/b18-15-. The molecular weight excluding hydrogens is 356 g/mol. The van der Waals surface area contributed by atoms with E-state index in [-0.39, 0.29) is 17.5 Å². The number of rotatable bonds is 9. The largest absolute Gasteiger partial charge is 0.493 e. The van der Waals surface area contributed by atoms with Gasteiger partial charge in [0.15, 0.2) is 11.5 Å². The summed E-state index contributed by atoms with van der Waals surface area (Å²) in [5, 5.41) is 5.54. The van der Waals surface area contributed by atoms with Gasteiger partial charge in [0.2, 0.25) is 0 Å². The van der Waals surface area contributed by atoms with E-state index in [9.17, 15) is 9.59 Å². The zero-order chi connectivity index (χ0) is 20.4. The van der Waals surface area contributed by atoms with Crippen molar-refractivity contribution in [2.45, 2.75) is 19.8 Å². The second-order valence-electron chi connectivity index (χ2n) is 6.07. The molecule has 0 spiro atoms. The quantitative estimate of drug-likeness (QED) is 0.515. The molecule has 0 heterocycles. The molecule has 2 aromatic rings. The highest BCUT2D eigenvalue weighted by molar-refractivity contribution is 6.05. The van der Waals surface area contributed by atoms with Gasteiger partial charge >= 0.3 is 0 Å². The van der Waals surface area contributed by atoms with Crippen LogP contribution in [0.4, 0.5) is 0 Å². The van der Waals surface area contributed by atoms with Crippen LogP contribution in [-0.4, -0.2) is 32.6 Å². The first kappa shape index (κ1) is 21.0. The van der Waals surface area contributed by atoms with Crippen LogP contribution in [-0.2, 0) is 4.79 Å². The average Bonchev–Trinajstić information content (AvgIpc) is 2.73. The lowest BCUT2D eigenvalue weighted by Crippen LogP contribution is -2.35. The zero-order valence-corrected chi connectivity index (χ0v) is 16.5. The molecule has 0 radical (unpaired) electrons. The number of hydrogen-bond acceptors (Lipinski definition) is 4. The zero-order valence-electron chi connectivity index (χ0n) is 16.5. The molecule has 0 saturated heterocycles. The molecule has 0 aliphatic carbocycles. The van der Waals surface area contributed by atoms with Crippen molar-refractivity contribution in [3.05, 3.63) is 65.4 Å². The number of carbonyl (C=O) groups is 2. The summed E-state index contributed by atoms with van der Waals surface area (Å²) in [5.41, 5.74) is 1.22. The molecule has 6 nitrogen and oxygen atoms in total. The van der Waals surface area contributed by atoms with Gasteiger partial charge in [-0.25, -0.2) is 0 Å². The summed E-state index contributed by atoms with van der Waals surface area (Å²) in [7, 11) is 3.07. The molecular formula is C22H26N2O4. The predicted octanol–water partition coefficient (Wildman–Crippen LogP) is 3.39. The van der Waals surface area contributed by atoms with Gasteiger partial charge < -0.3 is 20.1 Å². The Morgan fingerprint density at radius 1 is 1.00 bits per heavy atom. The Kier molecular flexibility index (Phi) is 8.09. The van der Waals surface area contributed by atoms with Crippen molar-refractivity contribution in [3.63, 3.8) is 0 Å². The topological polar surface area (TPSA) is 76.7 Å². The third kappa shape index (κ3) is 5.61. The number of methoxy groups -OCH3 is 2. The van der Waals surface area contributed by atoms with Gasteiger partial charge in [0, 0.05) is 17.7 Å². The molecule has 0 atom stereocenters. The van der Waals surface area contributed by atoms with Gasteiger partial charge in [0.1, 0.15) is 5.70 Å². The monoisotopic (exact) mass is 382 g/mol. The molecule has 2 amide bonds. The molecule has 28 heavy (non-hydrogen) atoms. The van der Waals surface area contributed by atoms with Crippen LogP contribution in [0.2, 0.25) is 0 Å². The van der Waals surface area contributed by atoms with Gasteiger partial charge in [0.25, 0.3) is 11.8 Å². The number of hydrogen-bond donors (Lipinski definition) is 2. The first-order valence-corrected chi connectivity index (χ1v) is 9.18. The maximum atomic E-state index is 12.7. The summed E-state index contributed by atoms with van der Waals surface area (Å²) in [6, 6.07) is 14.1. The van der Waals surface area contributed by atoms with E-state index in [1.165, 1.54) is 7.11 Å². The molecule has 0 aromatic heterocycles. The van der Waals surface area contributed by atoms with E-state index < -0.39 is 0 Å². The van der Waals surface area contributed by atoms with E-state index in [2.05, 4.69) is 10.6 Å². The molecule has 2 N–H and O–H groups in total. The van der Waals surface area contributed by atoms with Crippen LogP contribution in [0.1, 0.15) is 35.7 Å². The highest BCUT2D eigenvalue weighted by atomic mass is 16.5. The summed E-state index contributed by atoms with van der Waals surface area (Å²) in [4.78, 5) is 25.2.